The molecular formula is C21H24F3N7O2. The zero-order valence-electron chi connectivity index (χ0n) is 17.7. The van der Waals surface area contributed by atoms with Crippen LogP contribution in [0.3, 0.4) is 0 Å². The average Bonchev–Trinajstić information content (AvgIpc) is 2.78. The number of nitriles is 1. The van der Waals surface area contributed by atoms with E-state index in [2.05, 4.69) is 36.0 Å². The fraction of sp³-hybridized carbons (Fsp3) is 0.429. The number of hydrogen-bond donors (Lipinski definition) is 4. The number of carbonyl (C=O) groups is 1. The van der Waals surface area contributed by atoms with Crippen molar-refractivity contribution in [3.8, 4) is 11.8 Å². The number of nitrogens with one attached hydrogen (secondary N) is 4. The second-order valence-corrected chi connectivity index (χ2v) is 7.35. The van der Waals surface area contributed by atoms with Crippen LogP contribution < -0.4 is 26.0 Å². The number of ether oxygens (including phenoxy) is 1. The molecule has 33 heavy (non-hydrogen) atoms. The Bertz CT molecular complexity index is 989. The molecular weight excluding hydrogens is 439 g/mol. The third kappa shape index (κ3) is 7.80. The Morgan fingerprint density at radius 1 is 1.24 bits per heavy atom. The average molecular weight is 463 g/mol. The lowest BCUT2D eigenvalue weighted by molar-refractivity contribution is -0.274. The third-order valence-electron chi connectivity index (χ3n) is 4.89. The number of anilines is 2. The van der Waals surface area contributed by atoms with Gasteiger partial charge in [0.1, 0.15) is 23.2 Å². The van der Waals surface area contributed by atoms with Crippen LogP contribution in [0.25, 0.3) is 0 Å². The third-order valence-corrected chi connectivity index (χ3v) is 4.89. The van der Waals surface area contributed by atoms with Gasteiger partial charge in [-0.25, -0.2) is 4.98 Å². The highest BCUT2D eigenvalue weighted by Crippen LogP contribution is 2.26. The summed E-state index contributed by atoms with van der Waals surface area (Å²) in [6.45, 7) is 1.97. The van der Waals surface area contributed by atoms with E-state index in [9.17, 15) is 23.2 Å². The Morgan fingerprint density at radius 2 is 2.00 bits per heavy atom. The SMILES string of the molecule is N#Cc1cnc(NCc2ccccc2OC(F)(F)F)nc1NCCC(=O)NC1CCNCC1. The summed E-state index contributed by atoms with van der Waals surface area (Å²) in [7, 11) is 0. The number of piperidine rings is 1. The number of rotatable bonds is 9. The minimum atomic E-state index is -4.81. The van der Waals surface area contributed by atoms with Gasteiger partial charge in [-0.1, -0.05) is 18.2 Å². The molecule has 0 atom stereocenters. The summed E-state index contributed by atoms with van der Waals surface area (Å²) < 4.78 is 41.8. The zero-order valence-corrected chi connectivity index (χ0v) is 17.7. The lowest BCUT2D eigenvalue weighted by atomic mass is 10.1. The van der Waals surface area contributed by atoms with Gasteiger partial charge in [-0.3, -0.25) is 4.79 Å². The molecule has 0 saturated carbocycles. The van der Waals surface area contributed by atoms with Gasteiger partial charge in [-0.2, -0.15) is 10.2 Å². The molecule has 4 N–H and O–H groups in total. The van der Waals surface area contributed by atoms with E-state index in [-0.39, 0.29) is 60.1 Å². The molecule has 1 amide bonds. The van der Waals surface area contributed by atoms with Crippen LogP contribution in [-0.2, 0) is 11.3 Å². The minimum absolute atomic E-state index is 0.0315. The molecule has 1 aromatic heterocycles. The quantitative estimate of drug-likeness (QED) is 0.447. The molecule has 0 bridgehead atoms. The van der Waals surface area contributed by atoms with E-state index in [0.29, 0.717) is 0 Å². The van der Waals surface area contributed by atoms with Crippen molar-refractivity contribution in [2.75, 3.05) is 30.3 Å². The molecule has 2 aromatic rings. The van der Waals surface area contributed by atoms with Gasteiger partial charge in [0.15, 0.2) is 0 Å². The van der Waals surface area contributed by atoms with Crippen molar-refractivity contribution in [1.29, 1.82) is 5.26 Å². The highest BCUT2D eigenvalue weighted by atomic mass is 19.4. The Labute approximate surface area is 188 Å². The van der Waals surface area contributed by atoms with E-state index in [1.807, 2.05) is 6.07 Å². The van der Waals surface area contributed by atoms with Gasteiger partial charge in [0, 0.05) is 31.1 Å². The first-order valence-electron chi connectivity index (χ1n) is 10.4. The number of carbonyl (C=O) groups excluding carboxylic acids is 1. The number of nitrogens with zero attached hydrogens (tertiary/aromatic N) is 3. The van der Waals surface area contributed by atoms with Crippen LogP contribution in [0.4, 0.5) is 24.9 Å². The van der Waals surface area contributed by atoms with Crippen molar-refractivity contribution in [2.45, 2.75) is 38.2 Å². The fourth-order valence-corrected chi connectivity index (χ4v) is 3.29. The fourth-order valence-electron chi connectivity index (χ4n) is 3.29. The van der Waals surface area contributed by atoms with Crippen LogP contribution in [0.15, 0.2) is 30.5 Å². The maximum absolute atomic E-state index is 12.6. The topological polar surface area (TPSA) is 124 Å². The first-order valence-corrected chi connectivity index (χ1v) is 10.4. The summed E-state index contributed by atoms with van der Waals surface area (Å²) in [6.07, 6.45) is -1.54. The number of para-hydroxylation sites is 1. The van der Waals surface area contributed by atoms with Crippen LogP contribution in [0.2, 0.25) is 0 Å². The highest BCUT2D eigenvalue weighted by molar-refractivity contribution is 5.76. The van der Waals surface area contributed by atoms with Crippen LogP contribution in [-0.4, -0.2) is 47.9 Å². The molecule has 1 fully saturated rings. The zero-order chi connectivity index (χ0) is 23.7. The highest BCUT2D eigenvalue weighted by Gasteiger charge is 2.32. The second-order valence-electron chi connectivity index (χ2n) is 7.35. The van der Waals surface area contributed by atoms with Crippen molar-refractivity contribution in [2.24, 2.45) is 0 Å². The van der Waals surface area contributed by atoms with Crippen LogP contribution in [0.5, 0.6) is 5.75 Å². The smallest absolute Gasteiger partial charge is 0.405 e. The number of amides is 1. The van der Waals surface area contributed by atoms with Crippen LogP contribution in [0, 0.1) is 11.3 Å². The summed E-state index contributed by atoms with van der Waals surface area (Å²) in [5.41, 5.74) is 0.437. The van der Waals surface area contributed by atoms with Crippen molar-refractivity contribution in [3.63, 3.8) is 0 Å². The van der Waals surface area contributed by atoms with Gasteiger partial charge >= 0.3 is 6.36 Å². The summed E-state index contributed by atoms with van der Waals surface area (Å²) in [5, 5.41) is 21.3. The van der Waals surface area contributed by atoms with E-state index in [1.165, 1.54) is 24.4 Å². The van der Waals surface area contributed by atoms with Gasteiger partial charge in [-0.15, -0.1) is 13.2 Å². The van der Waals surface area contributed by atoms with E-state index in [4.69, 9.17) is 0 Å². The van der Waals surface area contributed by atoms with E-state index >= 15 is 0 Å². The number of hydrogen-bond acceptors (Lipinski definition) is 8. The second kappa shape index (κ2) is 11.3. The van der Waals surface area contributed by atoms with Gasteiger partial charge in [-0.05, 0) is 32.0 Å². The molecule has 3 rings (SSSR count). The van der Waals surface area contributed by atoms with Crippen LogP contribution in [0.1, 0.15) is 30.4 Å². The Hall–Kier alpha value is -3.59. The molecule has 0 aliphatic carbocycles. The first kappa shape index (κ1) is 24.1. The minimum Gasteiger partial charge on any atom is -0.405 e. The molecule has 0 unspecified atom stereocenters. The van der Waals surface area contributed by atoms with Crippen molar-refractivity contribution >= 4 is 17.7 Å². The Morgan fingerprint density at radius 3 is 2.73 bits per heavy atom. The van der Waals surface area contributed by atoms with Crippen molar-refractivity contribution < 1.29 is 22.7 Å². The normalized spacial score (nSPS) is 14.2. The molecule has 1 saturated heterocycles. The molecule has 2 heterocycles. The van der Waals surface area contributed by atoms with Crippen molar-refractivity contribution in [1.82, 2.24) is 20.6 Å². The molecule has 176 valence electrons. The molecule has 0 spiro atoms. The predicted octanol–water partition coefficient (Wildman–Crippen LogP) is 2.53. The van der Waals surface area contributed by atoms with Crippen molar-refractivity contribution in [3.05, 3.63) is 41.6 Å². The standard InChI is InChI=1S/C21H24F3N7O2/c22-21(23,24)33-17-4-2-1-3-14(17)12-28-20-29-13-15(11-25)19(31-20)27-10-7-18(32)30-16-5-8-26-9-6-16/h1-4,13,16,26H,5-10,12H2,(H,30,32)(H2,27,28,29,31). The lowest BCUT2D eigenvalue weighted by Gasteiger charge is -2.23. The number of alkyl halides is 3. The first-order chi connectivity index (χ1) is 15.8. The number of aromatic nitrogens is 2. The molecule has 0 radical (unpaired) electrons. The largest absolute Gasteiger partial charge is 0.573 e. The summed E-state index contributed by atoms with van der Waals surface area (Å²) >= 11 is 0. The molecule has 9 nitrogen and oxygen atoms in total. The van der Waals surface area contributed by atoms with Gasteiger partial charge in [0.2, 0.25) is 11.9 Å². The van der Waals surface area contributed by atoms with Crippen LogP contribution >= 0.6 is 0 Å². The Balaban J connectivity index is 1.56. The lowest BCUT2D eigenvalue weighted by Crippen LogP contribution is -2.43. The van der Waals surface area contributed by atoms with Gasteiger partial charge in [0.25, 0.3) is 0 Å². The van der Waals surface area contributed by atoms with E-state index in [1.54, 1.807) is 6.07 Å². The maximum atomic E-state index is 12.6. The summed E-state index contributed by atoms with van der Waals surface area (Å²) in [4.78, 5) is 20.4. The van der Waals surface area contributed by atoms with Gasteiger partial charge < -0.3 is 26.0 Å². The monoisotopic (exact) mass is 463 g/mol. The molecule has 1 aliphatic rings. The number of benzene rings is 1. The Kier molecular flexibility index (Phi) is 8.26. The van der Waals surface area contributed by atoms with Gasteiger partial charge in [0.05, 0.1) is 6.20 Å². The maximum Gasteiger partial charge on any atom is 0.573 e. The predicted molar refractivity (Wildman–Crippen MR) is 114 cm³/mol. The van der Waals surface area contributed by atoms with E-state index < -0.39 is 6.36 Å². The number of halogens is 3. The van der Waals surface area contributed by atoms with E-state index in [0.717, 1.165) is 25.9 Å². The summed E-state index contributed by atoms with van der Waals surface area (Å²) in [6, 6.07) is 7.85. The summed E-state index contributed by atoms with van der Waals surface area (Å²) in [5.74, 6) is -0.0900. The molecule has 12 heteroatoms. The molecule has 1 aromatic carbocycles. The molecule has 1 aliphatic heterocycles.